The molecule has 1 fully saturated rings. The van der Waals surface area contributed by atoms with Crippen LogP contribution in [0.5, 0.6) is 0 Å². The van der Waals surface area contributed by atoms with E-state index in [2.05, 4.69) is 29.5 Å². The molecule has 138 valence electrons. The van der Waals surface area contributed by atoms with E-state index in [1.165, 1.54) is 6.42 Å². The van der Waals surface area contributed by atoms with Gasteiger partial charge in [-0.2, -0.15) is 0 Å². The highest BCUT2D eigenvalue weighted by molar-refractivity contribution is 14.0. The van der Waals surface area contributed by atoms with Gasteiger partial charge in [-0.15, -0.1) is 24.0 Å². The number of halogens is 1. The summed E-state index contributed by atoms with van der Waals surface area (Å²) in [6, 6.07) is 0. The van der Waals surface area contributed by atoms with Gasteiger partial charge in [0, 0.05) is 19.7 Å². The highest BCUT2D eigenvalue weighted by Crippen LogP contribution is 2.28. The third kappa shape index (κ3) is 11.2. The van der Waals surface area contributed by atoms with Crippen LogP contribution >= 0.6 is 24.0 Å². The van der Waals surface area contributed by atoms with Crippen LogP contribution < -0.4 is 10.6 Å². The van der Waals surface area contributed by atoms with Gasteiger partial charge in [0.25, 0.3) is 0 Å². The summed E-state index contributed by atoms with van der Waals surface area (Å²) in [6.45, 7) is 9.98. The second-order valence-electron chi connectivity index (χ2n) is 6.70. The summed E-state index contributed by atoms with van der Waals surface area (Å²) >= 11 is 0. The lowest BCUT2D eigenvalue weighted by Crippen LogP contribution is -2.41. The zero-order valence-electron chi connectivity index (χ0n) is 15.1. The third-order valence-corrected chi connectivity index (χ3v) is 4.04. The molecule has 0 unspecified atom stereocenters. The maximum absolute atomic E-state index is 10.5. The molecule has 1 saturated carbocycles. The van der Waals surface area contributed by atoms with E-state index in [0.717, 1.165) is 57.8 Å². The summed E-state index contributed by atoms with van der Waals surface area (Å²) < 4.78 is 5.59. The normalized spacial score (nSPS) is 17.7. The van der Waals surface area contributed by atoms with Crippen LogP contribution in [0, 0.1) is 5.92 Å². The summed E-state index contributed by atoms with van der Waals surface area (Å²) in [5, 5.41) is 17.0. The van der Waals surface area contributed by atoms with Crippen LogP contribution in [0.1, 0.15) is 59.3 Å². The summed E-state index contributed by atoms with van der Waals surface area (Å²) in [7, 11) is 0. The first-order valence-corrected chi connectivity index (χ1v) is 8.88. The highest BCUT2D eigenvalue weighted by Gasteiger charge is 2.28. The fraction of sp³-hybridized carbons (Fsp3) is 0.941. The Bertz CT molecular complexity index is 319. The molecule has 3 N–H and O–H groups in total. The van der Waals surface area contributed by atoms with E-state index >= 15 is 0 Å². The van der Waals surface area contributed by atoms with Crippen LogP contribution in [0.2, 0.25) is 0 Å². The Hall–Kier alpha value is -0.0800. The number of nitrogens with one attached hydrogen (secondary N) is 2. The summed E-state index contributed by atoms with van der Waals surface area (Å²) in [4.78, 5) is 4.54. The van der Waals surface area contributed by atoms with Gasteiger partial charge in [0.15, 0.2) is 5.96 Å². The van der Waals surface area contributed by atoms with Crippen LogP contribution in [-0.2, 0) is 4.74 Å². The average molecular weight is 441 g/mol. The quantitative estimate of drug-likeness (QED) is 0.223. The molecule has 6 heteroatoms. The standard InChI is InChI=1S/C17H35N3O2.HI/c1-4-18-16(19-11-13-22-12-8-15(2)3)20-14-17(21)9-6-5-7-10-17;/h15,21H,4-14H2,1-3H3,(H2,18,19,20);1H. The van der Waals surface area contributed by atoms with Crippen LogP contribution in [0.25, 0.3) is 0 Å². The zero-order valence-corrected chi connectivity index (χ0v) is 17.4. The van der Waals surface area contributed by atoms with Crippen molar-refractivity contribution in [2.75, 3.05) is 32.8 Å². The van der Waals surface area contributed by atoms with E-state index in [-0.39, 0.29) is 24.0 Å². The van der Waals surface area contributed by atoms with Gasteiger partial charge >= 0.3 is 0 Å². The Kier molecular flexibility index (Phi) is 13.2. The lowest BCUT2D eigenvalue weighted by Gasteiger charge is -2.30. The van der Waals surface area contributed by atoms with Gasteiger partial charge in [0.1, 0.15) is 0 Å². The van der Waals surface area contributed by atoms with Crippen molar-refractivity contribution in [3.05, 3.63) is 0 Å². The first-order chi connectivity index (χ1) is 10.6. The predicted octanol–water partition coefficient (Wildman–Crippen LogP) is 2.92. The molecule has 0 saturated heterocycles. The first kappa shape index (κ1) is 22.9. The minimum atomic E-state index is -0.603. The number of aliphatic hydroxyl groups is 1. The molecule has 0 radical (unpaired) electrons. The maximum Gasteiger partial charge on any atom is 0.191 e. The summed E-state index contributed by atoms with van der Waals surface area (Å²) in [6.07, 6.45) is 6.29. The highest BCUT2D eigenvalue weighted by atomic mass is 127. The molecule has 0 spiro atoms. The molecule has 1 aliphatic carbocycles. The van der Waals surface area contributed by atoms with Gasteiger partial charge < -0.3 is 20.5 Å². The molecule has 0 heterocycles. The van der Waals surface area contributed by atoms with Crippen molar-refractivity contribution < 1.29 is 9.84 Å². The maximum atomic E-state index is 10.5. The Balaban J connectivity index is 0.00000484. The number of aliphatic imine (C=N–C) groups is 1. The fourth-order valence-electron chi connectivity index (χ4n) is 2.60. The van der Waals surface area contributed by atoms with Gasteiger partial charge in [-0.3, -0.25) is 4.99 Å². The van der Waals surface area contributed by atoms with Crippen molar-refractivity contribution in [1.29, 1.82) is 0 Å². The fourth-order valence-corrected chi connectivity index (χ4v) is 2.60. The molecule has 0 atom stereocenters. The van der Waals surface area contributed by atoms with Crippen LogP contribution in [0.3, 0.4) is 0 Å². The van der Waals surface area contributed by atoms with Crippen molar-refractivity contribution in [3.63, 3.8) is 0 Å². The van der Waals surface area contributed by atoms with Crippen LogP contribution in [0.15, 0.2) is 4.99 Å². The second-order valence-corrected chi connectivity index (χ2v) is 6.70. The third-order valence-electron chi connectivity index (χ3n) is 4.04. The number of guanidine groups is 1. The molecular formula is C17H36IN3O2. The van der Waals surface area contributed by atoms with Gasteiger partial charge in [-0.05, 0) is 32.1 Å². The first-order valence-electron chi connectivity index (χ1n) is 8.88. The minimum Gasteiger partial charge on any atom is -0.388 e. The van der Waals surface area contributed by atoms with Crippen molar-refractivity contribution in [2.45, 2.75) is 64.9 Å². The number of hydrogen-bond donors (Lipinski definition) is 3. The van der Waals surface area contributed by atoms with E-state index in [0.29, 0.717) is 19.1 Å². The molecule has 0 amide bonds. The van der Waals surface area contributed by atoms with Gasteiger partial charge in [-0.1, -0.05) is 33.1 Å². The predicted molar refractivity (Wildman–Crippen MR) is 108 cm³/mol. The van der Waals surface area contributed by atoms with E-state index in [4.69, 9.17) is 4.74 Å². The Labute approximate surface area is 159 Å². The molecule has 23 heavy (non-hydrogen) atoms. The molecule has 1 aliphatic rings. The monoisotopic (exact) mass is 441 g/mol. The topological polar surface area (TPSA) is 65.9 Å². The van der Waals surface area contributed by atoms with Crippen molar-refractivity contribution in [1.82, 2.24) is 10.6 Å². The Morgan fingerprint density at radius 2 is 1.87 bits per heavy atom. The Morgan fingerprint density at radius 3 is 2.48 bits per heavy atom. The lowest BCUT2D eigenvalue weighted by atomic mass is 9.85. The van der Waals surface area contributed by atoms with Crippen LogP contribution in [-0.4, -0.2) is 49.5 Å². The molecule has 0 aromatic carbocycles. The molecule has 0 aromatic heterocycles. The van der Waals surface area contributed by atoms with Crippen molar-refractivity contribution >= 4 is 29.9 Å². The van der Waals surface area contributed by atoms with E-state index < -0.39 is 5.60 Å². The SMILES string of the molecule is CCNC(=NCC1(O)CCCCC1)NCCOCCC(C)C.I. The van der Waals surface area contributed by atoms with E-state index in [1.807, 2.05) is 6.92 Å². The van der Waals surface area contributed by atoms with E-state index in [9.17, 15) is 5.11 Å². The largest absolute Gasteiger partial charge is 0.388 e. The number of hydrogen-bond acceptors (Lipinski definition) is 3. The molecule has 5 nitrogen and oxygen atoms in total. The van der Waals surface area contributed by atoms with Gasteiger partial charge in [0.05, 0.1) is 18.8 Å². The molecule has 0 aromatic rings. The zero-order chi connectivity index (χ0) is 16.3. The van der Waals surface area contributed by atoms with Crippen molar-refractivity contribution in [3.8, 4) is 0 Å². The molecular weight excluding hydrogens is 405 g/mol. The summed E-state index contributed by atoms with van der Waals surface area (Å²) in [5.41, 5.74) is -0.603. The number of nitrogens with zero attached hydrogens (tertiary/aromatic N) is 1. The van der Waals surface area contributed by atoms with Gasteiger partial charge in [0.2, 0.25) is 0 Å². The van der Waals surface area contributed by atoms with Crippen molar-refractivity contribution in [2.24, 2.45) is 10.9 Å². The average Bonchev–Trinajstić information content (AvgIpc) is 2.48. The number of rotatable bonds is 9. The molecule has 0 aliphatic heterocycles. The lowest BCUT2D eigenvalue weighted by molar-refractivity contribution is 0.0131. The second kappa shape index (κ2) is 13.2. The Morgan fingerprint density at radius 1 is 1.17 bits per heavy atom. The smallest absolute Gasteiger partial charge is 0.191 e. The van der Waals surface area contributed by atoms with Gasteiger partial charge in [-0.25, -0.2) is 0 Å². The van der Waals surface area contributed by atoms with Crippen LogP contribution in [0.4, 0.5) is 0 Å². The molecule has 1 rings (SSSR count). The van der Waals surface area contributed by atoms with E-state index in [1.54, 1.807) is 0 Å². The summed E-state index contributed by atoms with van der Waals surface area (Å²) in [5.74, 6) is 1.46. The minimum absolute atomic E-state index is 0. The number of ether oxygens (including phenoxy) is 1. The molecule has 0 bridgehead atoms.